The quantitative estimate of drug-likeness (QED) is 0.543. The largest absolute Gasteiger partial charge is 0.397 e. The third kappa shape index (κ3) is 1.78. The Morgan fingerprint density at radius 2 is 2.17 bits per heavy atom. The zero-order valence-corrected chi connectivity index (χ0v) is 7.33. The van der Waals surface area contributed by atoms with E-state index < -0.39 is 0 Å². The lowest BCUT2D eigenvalue weighted by molar-refractivity contribution is 1.03. The first kappa shape index (κ1) is 8.65. The Bertz CT molecular complexity index is 268. The molecule has 1 rings (SSSR count). The van der Waals surface area contributed by atoms with Crippen LogP contribution in [0.5, 0.6) is 0 Å². The molecule has 0 aromatic heterocycles. The summed E-state index contributed by atoms with van der Waals surface area (Å²) in [6, 6.07) is 7.81. The van der Waals surface area contributed by atoms with Gasteiger partial charge < -0.3 is 10.6 Å². The molecule has 1 aromatic rings. The predicted molar refractivity (Wildman–Crippen MR) is 54.3 cm³/mol. The Labute approximate surface area is 73.3 Å². The van der Waals surface area contributed by atoms with Crippen LogP contribution in [-0.2, 0) is 0 Å². The van der Waals surface area contributed by atoms with E-state index >= 15 is 0 Å². The first-order chi connectivity index (χ1) is 5.75. The lowest BCUT2D eigenvalue weighted by Gasteiger charge is -2.18. The molecule has 0 aliphatic rings. The minimum Gasteiger partial charge on any atom is -0.397 e. The van der Waals surface area contributed by atoms with Crippen LogP contribution in [0.15, 0.2) is 36.9 Å². The first-order valence-electron chi connectivity index (χ1n) is 3.92. The van der Waals surface area contributed by atoms with E-state index in [-0.39, 0.29) is 0 Å². The molecule has 0 radical (unpaired) electrons. The van der Waals surface area contributed by atoms with Crippen molar-refractivity contribution in [2.75, 3.05) is 24.2 Å². The fraction of sp³-hybridized carbons (Fsp3) is 0.200. The molecule has 12 heavy (non-hydrogen) atoms. The molecule has 0 fully saturated rings. The maximum Gasteiger partial charge on any atom is 0.0600 e. The van der Waals surface area contributed by atoms with Crippen LogP contribution in [0.25, 0.3) is 0 Å². The van der Waals surface area contributed by atoms with Crippen molar-refractivity contribution >= 4 is 11.4 Å². The summed E-state index contributed by atoms with van der Waals surface area (Å²) in [4.78, 5) is 2.06. The molecule has 0 aliphatic carbocycles. The minimum atomic E-state index is 0.807. The van der Waals surface area contributed by atoms with Crippen LogP contribution in [0.2, 0.25) is 0 Å². The number of nitrogen functional groups attached to an aromatic ring is 1. The average Bonchev–Trinajstić information content (AvgIpc) is 2.05. The van der Waals surface area contributed by atoms with E-state index in [1.165, 1.54) is 0 Å². The summed E-state index contributed by atoms with van der Waals surface area (Å²) < 4.78 is 0. The van der Waals surface area contributed by atoms with Gasteiger partial charge in [0.2, 0.25) is 0 Å². The van der Waals surface area contributed by atoms with Gasteiger partial charge in [-0.25, -0.2) is 0 Å². The smallest absolute Gasteiger partial charge is 0.0600 e. The molecule has 0 bridgehead atoms. The maximum absolute atomic E-state index is 5.78. The third-order valence-corrected chi connectivity index (χ3v) is 1.75. The lowest BCUT2D eigenvalue weighted by atomic mass is 10.2. The SMILES string of the molecule is C=CCN(C)c1ccccc1N. The van der Waals surface area contributed by atoms with Crippen LogP contribution < -0.4 is 10.6 Å². The van der Waals surface area contributed by atoms with Gasteiger partial charge >= 0.3 is 0 Å². The molecule has 64 valence electrons. The van der Waals surface area contributed by atoms with Crippen molar-refractivity contribution in [1.82, 2.24) is 0 Å². The van der Waals surface area contributed by atoms with Crippen molar-refractivity contribution in [3.05, 3.63) is 36.9 Å². The van der Waals surface area contributed by atoms with E-state index in [4.69, 9.17) is 5.73 Å². The molecule has 0 amide bonds. The van der Waals surface area contributed by atoms with Crippen LogP contribution >= 0.6 is 0 Å². The molecule has 2 heteroatoms. The van der Waals surface area contributed by atoms with Crippen molar-refractivity contribution < 1.29 is 0 Å². The van der Waals surface area contributed by atoms with E-state index in [0.717, 1.165) is 17.9 Å². The van der Waals surface area contributed by atoms with E-state index in [1.54, 1.807) is 0 Å². The monoisotopic (exact) mass is 162 g/mol. The molecule has 0 unspecified atom stereocenters. The zero-order chi connectivity index (χ0) is 8.97. The van der Waals surface area contributed by atoms with Gasteiger partial charge in [0, 0.05) is 13.6 Å². The van der Waals surface area contributed by atoms with Gasteiger partial charge in [-0.05, 0) is 12.1 Å². The Kier molecular flexibility index (Phi) is 2.75. The first-order valence-corrected chi connectivity index (χ1v) is 3.92. The minimum absolute atomic E-state index is 0.807. The van der Waals surface area contributed by atoms with Gasteiger partial charge in [0.25, 0.3) is 0 Å². The van der Waals surface area contributed by atoms with Crippen LogP contribution in [0.4, 0.5) is 11.4 Å². The van der Waals surface area contributed by atoms with Gasteiger partial charge in [0.05, 0.1) is 11.4 Å². The second kappa shape index (κ2) is 3.81. The lowest BCUT2D eigenvalue weighted by Crippen LogP contribution is -2.17. The molecule has 0 spiro atoms. The summed E-state index contributed by atoms with van der Waals surface area (Å²) in [5.41, 5.74) is 7.64. The standard InChI is InChI=1S/C10H14N2/c1-3-8-12(2)10-7-5-4-6-9(10)11/h3-7H,1,8,11H2,2H3. The van der Waals surface area contributed by atoms with Gasteiger partial charge in [0.1, 0.15) is 0 Å². The number of nitrogens with zero attached hydrogens (tertiary/aromatic N) is 1. The Morgan fingerprint density at radius 1 is 1.50 bits per heavy atom. The highest BCUT2D eigenvalue weighted by Crippen LogP contribution is 2.20. The molecule has 0 atom stereocenters. The number of para-hydroxylation sites is 2. The summed E-state index contributed by atoms with van der Waals surface area (Å²) in [6.07, 6.45) is 1.85. The average molecular weight is 162 g/mol. The highest BCUT2D eigenvalue weighted by molar-refractivity contribution is 5.66. The van der Waals surface area contributed by atoms with Gasteiger partial charge in [-0.2, -0.15) is 0 Å². The molecule has 0 heterocycles. The number of hydrogen-bond donors (Lipinski definition) is 1. The fourth-order valence-corrected chi connectivity index (χ4v) is 1.13. The molecule has 1 aromatic carbocycles. The third-order valence-electron chi connectivity index (χ3n) is 1.75. The van der Waals surface area contributed by atoms with Crippen LogP contribution in [0.1, 0.15) is 0 Å². The molecule has 2 nitrogen and oxygen atoms in total. The number of likely N-dealkylation sites (N-methyl/N-ethyl adjacent to an activating group) is 1. The number of rotatable bonds is 3. The topological polar surface area (TPSA) is 29.3 Å². The summed E-state index contributed by atoms with van der Waals surface area (Å²) in [7, 11) is 1.99. The van der Waals surface area contributed by atoms with Crippen LogP contribution in [-0.4, -0.2) is 13.6 Å². The second-order valence-corrected chi connectivity index (χ2v) is 2.73. The molecular formula is C10H14N2. The van der Waals surface area contributed by atoms with Gasteiger partial charge in [-0.1, -0.05) is 18.2 Å². The fourth-order valence-electron chi connectivity index (χ4n) is 1.13. The van der Waals surface area contributed by atoms with Crippen LogP contribution in [0, 0.1) is 0 Å². The van der Waals surface area contributed by atoms with Crippen molar-refractivity contribution in [3.8, 4) is 0 Å². The molecule has 0 aliphatic heterocycles. The van der Waals surface area contributed by atoms with E-state index in [1.807, 2.05) is 37.4 Å². The summed E-state index contributed by atoms with van der Waals surface area (Å²) in [5.74, 6) is 0. The highest BCUT2D eigenvalue weighted by atomic mass is 15.1. The normalized spacial score (nSPS) is 9.42. The van der Waals surface area contributed by atoms with E-state index in [0.29, 0.717) is 0 Å². The van der Waals surface area contributed by atoms with Crippen molar-refractivity contribution in [1.29, 1.82) is 0 Å². The molecular weight excluding hydrogens is 148 g/mol. The Hall–Kier alpha value is -1.44. The van der Waals surface area contributed by atoms with Gasteiger partial charge in [0.15, 0.2) is 0 Å². The maximum atomic E-state index is 5.78. The number of hydrogen-bond acceptors (Lipinski definition) is 2. The number of anilines is 2. The van der Waals surface area contributed by atoms with Crippen molar-refractivity contribution in [2.24, 2.45) is 0 Å². The highest BCUT2D eigenvalue weighted by Gasteiger charge is 2.00. The van der Waals surface area contributed by atoms with E-state index in [9.17, 15) is 0 Å². The second-order valence-electron chi connectivity index (χ2n) is 2.73. The molecule has 0 saturated heterocycles. The summed E-state index contributed by atoms with van der Waals surface area (Å²) in [5, 5.41) is 0. The Morgan fingerprint density at radius 3 is 2.75 bits per heavy atom. The number of benzene rings is 1. The predicted octanol–water partition coefficient (Wildman–Crippen LogP) is 1.89. The van der Waals surface area contributed by atoms with E-state index in [2.05, 4.69) is 11.5 Å². The van der Waals surface area contributed by atoms with Gasteiger partial charge in [-0.15, -0.1) is 6.58 Å². The molecule has 2 N–H and O–H groups in total. The molecule has 0 saturated carbocycles. The van der Waals surface area contributed by atoms with Crippen molar-refractivity contribution in [3.63, 3.8) is 0 Å². The van der Waals surface area contributed by atoms with Gasteiger partial charge in [-0.3, -0.25) is 0 Å². The summed E-state index contributed by atoms with van der Waals surface area (Å²) in [6.45, 7) is 4.49. The Balaban J connectivity index is 2.86. The summed E-state index contributed by atoms with van der Waals surface area (Å²) >= 11 is 0. The zero-order valence-electron chi connectivity index (χ0n) is 7.33. The van der Waals surface area contributed by atoms with Crippen molar-refractivity contribution in [2.45, 2.75) is 0 Å². The number of nitrogens with two attached hydrogens (primary N) is 1. The van der Waals surface area contributed by atoms with Crippen LogP contribution in [0.3, 0.4) is 0 Å².